The van der Waals surface area contributed by atoms with Crippen molar-refractivity contribution >= 4 is 23.5 Å². The quantitative estimate of drug-likeness (QED) is 0.868. The van der Waals surface area contributed by atoms with Crippen LogP contribution < -0.4 is 10.1 Å². The van der Waals surface area contributed by atoms with E-state index in [-0.39, 0.29) is 0 Å². The lowest BCUT2D eigenvalue weighted by Crippen LogP contribution is -2.43. The van der Waals surface area contributed by atoms with Crippen molar-refractivity contribution < 1.29 is 4.74 Å². The first-order valence-electron chi connectivity index (χ1n) is 7.28. The number of thioether (sulfide) groups is 2. The average molecular weight is 312 g/mol. The lowest BCUT2D eigenvalue weighted by atomic mass is 10.0. The summed E-state index contributed by atoms with van der Waals surface area (Å²) in [6, 6.07) is 9.06. The molecule has 0 radical (unpaired) electrons. The maximum absolute atomic E-state index is 5.21. The molecule has 0 aliphatic carbocycles. The third kappa shape index (κ3) is 4.34. The zero-order chi connectivity index (χ0) is 14.4. The predicted molar refractivity (Wildman–Crippen MR) is 92.3 cm³/mol. The summed E-state index contributed by atoms with van der Waals surface area (Å²) in [4.78, 5) is 0. The maximum atomic E-state index is 5.21. The fourth-order valence-corrected chi connectivity index (χ4v) is 5.72. The van der Waals surface area contributed by atoms with Gasteiger partial charge < -0.3 is 10.1 Å². The van der Waals surface area contributed by atoms with Gasteiger partial charge in [0.2, 0.25) is 0 Å². The van der Waals surface area contributed by atoms with E-state index >= 15 is 0 Å². The lowest BCUT2D eigenvalue weighted by Gasteiger charge is -2.34. The highest BCUT2D eigenvalue weighted by molar-refractivity contribution is 8.07. The minimum absolute atomic E-state index is 0.602. The van der Waals surface area contributed by atoms with E-state index in [1.165, 1.54) is 23.5 Å². The molecule has 0 amide bonds. The molecule has 1 aliphatic rings. The third-order valence-corrected chi connectivity index (χ3v) is 7.16. The van der Waals surface area contributed by atoms with Crippen LogP contribution in [0.4, 0.5) is 0 Å². The van der Waals surface area contributed by atoms with Gasteiger partial charge in [0, 0.05) is 28.0 Å². The van der Waals surface area contributed by atoms with Gasteiger partial charge in [0.1, 0.15) is 5.75 Å². The Kier molecular flexibility index (Phi) is 6.59. The van der Waals surface area contributed by atoms with Gasteiger partial charge in [0.25, 0.3) is 0 Å². The highest BCUT2D eigenvalue weighted by atomic mass is 32.2. The second-order valence-electron chi connectivity index (χ2n) is 5.19. The Bertz CT molecular complexity index is 396. The predicted octanol–water partition coefficient (Wildman–Crippen LogP) is 3.45. The first-order valence-corrected chi connectivity index (χ1v) is 9.37. The van der Waals surface area contributed by atoms with Crippen LogP contribution in [0.3, 0.4) is 0 Å². The standard InChI is InChI=1S/C16H25NOS2/c1-12-16(20-11-10-19-12)15(17-2)9-6-13-4-7-14(18-3)8-5-13/h4-5,7-8,12,15-17H,6,9-11H2,1-3H3. The number of benzene rings is 1. The van der Waals surface area contributed by atoms with Crippen molar-refractivity contribution in [3.63, 3.8) is 0 Å². The molecule has 0 spiro atoms. The monoisotopic (exact) mass is 311 g/mol. The van der Waals surface area contributed by atoms with Gasteiger partial charge in [-0.2, -0.15) is 23.5 Å². The van der Waals surface area contributed by atoms with Crippen molar-refractivity contribution in [1.29, 1.82) is 0 Å². The number of nitrogens with one attached hydrogen (secondary N) is 1. The molecule has 112 valence electrons. The summed E-state index contributed by atoms with van der Waals surface area (Å²) in [5.41, 5.74) is 1.40. The van der Waals surface area contributed by atoms with Crippen molar-refractivity contribution in [3.05, 3.63) is 29.8 Å². The van der Waals surface area contributed by atoms with Gasteiger partial charge in [0.05, 0.1) is 7.11 Å². The first kappa shape index (κ1) is 16.1. The SMILES string of the molecule is CNC(CCc1ccc(OC)cc1)C1SCCSC1C. The Hall–Kier alpha value is -0.320. The number of aryl methyl sites for hydroxylation is 1. The summed E-state index contributed by atoms with van der Waals surface area (Å²) in [6.45, 7) is 2.37. The fourth-order valence-electron chi connectivity index (χ4n) is 2.68. The van der Waals surface area contributed by atoms with Crippen molar-refractivity contribution in [1.82, 2.24) is 5.32 Å². The van der Waals surface area contributed by atoms with E-state index in [0.29, 0.717) is 6.04 Å². The molecule has 3 unspecified atom stereocenters. The zero-order valence-electron chi connectivity index (χ0n) is 12.6. The largest absolute Gasteiger partial charge is 0.497 e. The molecule has 1 aromatic rings. The molecule has 1 aromatic carbocycles. The summed E-state index contributed by atoms with van der Waals surface area (Å²) < 4.78 is 5.21. The molecular weight excluding hydrogens is 286 g/mol. The summed E-state index contributed by atoms with van der Waals surface area (Å²) in [6.07, 6.45) is 2.33. The number of hydrogen-bond acceptors (Lipinski definition) is 4. The van der Waals surface area contributed by atoms with E-state index in [2.05, 4.69) is 67.1 Å². The number of rotatable bonds is 6. The van der Waals surface area contributed by atoms with Crippen LogP contribution in [0.15, 0.2) is 24.3 Å². The molecule has 2 nitrogen and oxygen atoms in total. The lowest BCUT2D eigenvalue weighted by molar-refractivity contribution is 0.414. The van der Waals surface area contributed by atoms with E-state index in [4.69, 9.17) is 4.74 Å². The van der Waals surface area contributed by atoms with Gasteiger partial charge >= 0.3 is 0 Å². The Morgan fingerprint density at radius 1 is 1.25 bits per heavy atom. The average Bonchev–Trinajstić information content (AvgIpc) is 2.50. The molecule has 20 heavy (non-hydrogen) atoms. The van der Waals surface area contributed by atoms with Crippen LogP contribution in [0.5, 0.6) is 5.75 Å². The van der Waals surface area contributed by atoms with Crippen LogP contribution in [0, 0.1) is 0 Å². The molecule has 0 bridgehead atoms. The highest BCUT2D eigenvalue weighted by Crippen LogP contribution is 2.34. The van der Waals surface area contributed by atoms with Crippen LogP contribution in [0.1, 0.15) is 18.9 Å². The van der Waals surface area contributed by atoms with Crippen molar-refractivity contribution in [2.45, 2.75) is 36.3 Å². The van der Waals surface area contributed by atoms with Gasteiger partial charge in [-0.3, -0.25) is 0 Å². The van der Waals surface area contributed by atoms with Gasteiger partial charge in [-0.05, 0) is 37.6 Å². The molecule has 4 heteroatoms. The smallest absolute Gasteiger partial charge is 0.118 e. The Morgan fingerprint density at radius 2 is 1.95 bits per heavy atom. The molecule has 0 aromatic heterocycles. The Morgan fingerprint density at radius 3 is 2.55 bits per heavy atom. The molecule has 1 aliphatic heterocycles. The van der Waals surface area contributed by atoms with Crippen LogP contribution in [-0.4, -0.2) is 42.2 Å². The molecule has 2 rings (SSSR count). The van der Waals surface area contributed by atoms with Crippen molar-refractivity contribution in [2.24, 2.45) is 0 Å². The maximum Gasteiger partial charge on any atom is 0.118 e. The Balaban J connectivity index is 1.89. The molecule has 1 saturated heterocycles. The minimum atomic E-state index is 0.602. The number of hydrogen-bond donors (Lipinski definition) is 1. The summed E-state index contributed by atoms with van der Waals surface area (Å²) >= 11 is 4.26. The summed E-state index contributed by atoms with van der Waals surface area (Å²) in [7, 11) is 3.82. The molecule has 1 heterocycles. The van der Waals surface area contributed by atoms with E-state index in [0.717, 1.165) is 22.7 Å². The van der Waals surface area contributed by atoms with Gasteiger partial charge in [-0.1, -0.05) is 19.1 Å². The molecular formula is C16H25NOS2. The van der Waals surface area contributed by atoms with Crippen LogP contribution in [-0.2, 0) is 6.42 Å². The van der Waals surface area contributed by atoms with Gasteiger partial charge in [-0.25, -0.2) is 0 Å². The van der Waals surface area contributed by atoms with Gasteiger partial charge in [-0.15, -0.1) is 0 Å². The summed E-state index contributed by atoms with van der Waals surface area (Å²) in [5.74, 6) is 3.53. The summed E-state index contributed by atoms with van der Waals surface area (Å²) in [5, 5.41) is 5.02. The van der Waals surface area contributed by atoms with Crippen LogP contribution >= 0.6 is 23.5 Å². The number of ether oxygens (including phenoxy) is 1. The molecule has 1 fully saturated rings. The van der Waals surface area contributed by atoms with Crippen molar-refractivity contribution in [3.8, 4) is 5.75 Å². The van der Waals surface area contributed by atoms with E-state index < -0.39 is 0 Å². The van der Waals surface area contributed by atoms with Crippen LogP contribution in [0.25, 0.3) is 0 Å². The Labute approximate surface area is 131 Å². The van der Waals surface area contributed by atoms with Gasteiger partial charge in [0.15, 0.2) is 0 Å². The highest BCUT2D eigenvalue weighted by Gasteiger charge is 2.29. The molecule has 0 saturated carbocycles. The van der Waals surface area contributed by atoms with E-state index in [1.807, 2.05) is 0 Å². The number of methoxy groups -OCH3 is 1. The van der Waals surface area contributed by atoms with Crippen LogP contribution in [0.2, 0.25) is 0 Å². The minimum Gasteiger partial charge on any atom is -0.497 e. The fraction of sp³-hybridized carbons (Fsp3) is 0.625. The molecule has 3 atom stereocenters. The third-order valence-electron chi connectivity index (χ3n) is 3.91. The van der Waals surface area contributed by atoms with Crippen molar-refractivity contribution in [2.75, 3.05) is 25.7 Å². The zero-order valence-corrected chi connectivity index (χ0v) is 14.2. The van der Waals surface area contributed by atoms with E-state index in [1.54, 1.807) is 7.11 Å². The topological polar surface area (TPSA) is 21.3 Å². The second kappa shape index (κ2) is 8.20. The molecule has 1 N–H and O–H groups in total. The second-order valence-corrected chi connectivity index (χ2v) is 7.96. The first-order chi connectivity index (χ1) is 9.74. The van der Waals surface area contributed by atoms with E-state index in [9.17, 15) is 0 Å². The normalized spacial score (nSPS) is 24.4.